The predicted octanol–water partition coefficient (Wildman–Crippen LogP) is 17.5. The van der Waals surface area contributed by atoms with Gasteiger partial charge in [-0.2, -0.15) is 0 Å². The lowest BCUT2D eigenvalue weighted by molar-refractivity contribution is 0.670. The molecule has 0 saturated carbocycles. The van der Waals surface area contributed by atoms with Crippen molar-refractivity contribution in [2.45, 2.75) is 0 Å². The van der Waals surface area contributed by atoms with Crippen molar-refractivity contribution in [3.8, 4) is 39.1 Å². The number of benzene rings is 11. The molecule has 65 heavy (non-hydrogen) atoms. The first-order chi connectivity index (χ1) is 32.2. The maximum Gasteiger partial charge on any atom is 0.143 e. The van der Waals surface area contributed by atoms with Gasteiger partial charge >= 0.3 is 0 Å². The molecule has 0 N–H and O–H groups in total. The van der Waals surface area contributed by atoms with Gasteiger partial charge in [0.1, 0.15) is 11.2 Å². The fraction of sp³-hybridized carbons (Fsp3) is 0. The Hall–Kier alpha value is -8.66. The highest BCUT2D eigenvalue weighted by atomic mass is 16.3. The zero-order valence-electron chi connectivity index (χ0n) is 35.4. The van der Waals surface area contributed by atoms with E-state index >= 15 is 0 Å². The van der Waals surface area contributed by atoms with Crippen LogP contribution in [0.4, 0.5) is 17.1 Å². The van der Waals surface area contributed by atoms with Crippen LogP contribution < -0.4 is 4.90 Å². The number of furan rings is 1. The molecule has 0 unspecified atom stereocenters. The SMILES string of the molecule is c1ccc(-c2ccc(-c3ccc(N(c4ccc(-c5cccc6c5oc5ccccc56)cc4)c4ccc5c(ccc6ccccc65)c4)cc3)c(-n3c4ccccc4c4ccccc43)c2)cc1. The molecule has 13 aromatic rings. The third-order valence-corrected chi connectivity index (χ3v) is 13.2. The summed E-state index contributed by atoms with van der Waals surface area (Å²) in [4.78, 5) is 2.37. The number of aromatic nitrogens is 1. The van der Waals surface area contributed by atoms with Crippen LogP contribution >= 0.6 is 0 Å². The van der Waals surface area contributed by atoms with Gasteiger partial charge in [0.2, 0.25) is 0 Å². The molecule has 3 heteroatoms. The van der Waals surface area contributed by atoms with E-state index in [-0.39, 0.29) is 0 Å². The second kappa shape index (κ2) is 15.0. The van der Waals surface area contributed by atoms with Crippen molar-refractivity contribution >= 4 is 82.4 Å². The highest BCUT2D eigenvalue weighted by Gasteiger charge is 2.19. The minimum absolute atomic E-state index is 0.902. The summed E-state index contributed by atoms with van der Waals surface area (Å²) in [5, 5.41) is 9.69. The van der Waals surface area contributed by atoms with Gasteiger partial charge in [0.25, 0.3) is 0 Å². The Bertz CT molecular complexity index is 3880. The maximum absolute atomic E-state index is 6.46. The number of rotatable bonds is 7. The molecule has 0 aliphatic heterocycles. The van der Waals surface area contributed by atoms with Crippen molar-refractivity contribution in [1.29, 1.82) is 0 Å². The Balaban J connectivity index is 0.957. The molecule has 0 amide bonds. The van der Waals surface area contributed by atoms with E-state index in [1.165, 1.54) is 54.5 Å². The molecule has 3 nitrogen and oxygen atoms in total. The van der Waals surface area contributed by atoms with Crippen LogP contribution in [0.5, 0.6) is 0 Å². The van der Waals surface area contributed by atoms with Crippen LogP contribution in [-0.4, -0.2) is 4.57 Å². The van der Waals surface area contributed by atoms with Crippen LogP contribution in [0, 0.1) is 0 Å². The summed E-state index contributed by atoms with van der Waals surface area (Å²) >= 11 is 0. The molecule has 0 aliphatic carbocycles. The molecule has 0 spiro atoms. The van der Waals surface area contributed by atoms with Crippen LogP contribution in [-0.2, 0) is 0 Å². The van der Waals surface area contributed by atoms with Gasteiger partial charge in [0.15, 0.2) is 0 Å². The lowest BCUT2D eigenvalue weighted by atomic mass is 9.97. The van der Waals surface area contributed by atoms with Gasteiger partial charge in [0, 0.05) is 49.7 Å². The topological polar surface area (TPSA) is 21.3 Å². The average molecular weight is 829 g/mol. The van der Waals surface area contributed by atoms with E-state index in [4.69, 9.17) is 4.42 Å². The molecule has 2 heterocycles. The molecule has 0 bridgehead atoms. The third-order valence-electron chi connectivity index (χ3n) is 13.2. The first-order valence-electron chi connectivity index (χ1n) is 22.2. The summed E-state index contributed by atoms with van der Waals surface area (Å²) < 4.78 is 8.91. The summed E-state index contributed by atoms with van der Waals surface area (Å²) in [6.07, 6.45) is 0. The first kappa shape index (κ1) is 36.9. The zero-order valence-corrected chi connectivity index (χ0v) is 35.4. The molecule has 0 atom stereocenters. The Morgan fingerprint density at radius 1 is 0.308 bits per heavy atom. The highest BCUT2D eigenvalue weighted by Crippen LogP contribution is 2.43. The van der Waals surface area contributed by atoms with E-state index in [1.54, 1.807) is 0 Å². The fourth-order valence-electron chi connectivity index (χ4n) is 10.1. The standard InChI is InChI=1S/C62H40N2O/c1-2-13-41(14-3-1)45-31-37-52(60(40-45)64-58-22-9-6-17-54(58)55-18-7-10-23-59(55)64)43-27-32-47(33-28-43)63(49-36-38-51-46(39-49)26-25-42-15-4-5-16-50(42)51)48-34-29-44(30-35-48)53-20-12-21-57-56-19-8-11-24-61(56)65-62(53)57/h1-40H. The summed E-state index contributed by atoms with van der Waals surface area (Å²) in [5.41, 5.74) is 15.4. The molecule has 0 aliphatic rings. The van der Waals surface area contributed by atoms with Crippen LogP contribution in [0.15, 0.2) is 247 Å². The Labute approximate surface area is 376 Å². The lowest BCUT2D eigenvalue weighted by Gasteiger charge is -2.26. The molecule has 0 fully saturated rings. The van der Waals surface area contributed by atoms with Crippen LogP contribution in [0.2, 0.25) is 0 Å². The molecular weight excluding hydrogens is 789 g/mol. The average Bonchev–Trinajstić information content (AvgIpc) is 3.93. The number of anilines is 3. The maximum atomic E-state index is 6.46. The van der Waals surface area contributed by atoms with E-state index in [9.17, 15) is 0 Å². The number of nitrogens with zero attached hydrogens (tertiary/aromatic N) is 2. The smallest absolute Gasteiger partial charge is 0.143 e. The molecule has 304 valence electrons. The van der Waals surface area contributed by atoms with Crippen molar-refractivity contribution in [2.24, 2.45) is 0 Å². The van der Waals surface area contributed by atoms with E-state index in [2.05, 4.69) is 240 Å². The van der Waals surface area contributed by atoms with E-state index in [1.807, 2.05) is 12.1 Å². The van der Waals surface area contributed by atoms with E-state index in [0.717, 1.165) is 66.9 Å². The summed E-state index contributed by atoms with van der Waals surface area (Å²) in [5.74, 6) is 0. The summed E-state index contributed by atoms with van der Waals surface area (Å²) in [6, 6.07) is 87.8. The van der Waals surface area contributed by atoms with Gasteiger partial charge in [-0.3, -0.25) is 0 Å². The molecule has 2 aromatic heterocycles. The van der Waals surface area contributed by atoms with Crippen molar-refractivity contribution < 1.29 is 4.42 Å². The zero-order chi connectivity index (χ0) is 42.8. The summed E-state index contributed by atoms with van der Waals surface area (Å²) in [7, 11) is 0. The minimum Gasteiger partial charge on any atom is -0.455 e. The second-order valence-corrected chi connectivity index (χ2v) is 16.9. The largest absolute Gasteiger partial charge is 0.455 e. The predicted molar refractivity (Wildman–Crippen MR) is 274 cm³/mol. The van der Waals surface area contributed by atoms with Crippen LogP contribution in [0.25, 0.3) is 104 Å². The van der Waals surface area contributed by atoms with E-state index in [0.29, 0.717) is 0 Å². The Morgan fingerprint density at radius 2 is 0.862 bits per heavy atom. The molecule has 11 aromatic carbocycles. The van der Waals surface area contributed by atoms with Gasteiger partial charge in [-0.1, -0.05) is 182 Å². The minimum atomic E-state index is 0.902. The normalized spacial score (nSPS) is 11.7. The van der Waals surface area contributed by atoms with Gasteiger partial charge < -0.3 is 13.9 Å². The van der Waals surface area contributed by atoms with Crippen molar-refractivity contribution in [3.63, 3.8) is 0 Å². The van der Waals surface area contributed by atoms with E-state index < -0.39 is 0 Å². The first-order valence-corrected chi connectivity index (χ1v) is 22.2. The van der Waals surface area contributed by atoms with Gasteiger partial charge in [-0.05, 0) is 104 Å². The Morgan fingerprint density at radius 3 is 1.60 bits per heavy atom. The van der Waals surface area contributed by atoms with Crippen LogP contribution in [0.3, 0.4) is 0 Å². The number of hydrogen-bond acceptors (Lipinski definition) is 2. The third kappa shape index (κ3) is 6.12. The molecule has 0 radical (unpaired) electrons. The highest BCUT2D eigenvalue weighted by molar-refractivity contribution is 6.11. The molecule has 0 saturated heterocycles. The number of fused-ring (bicyclic) bond motifs is 9. The second-order valence-electron chi connectivity index (χ2n) is 16.9. The van der Waals surface area contributed by atoms with Gasteiger partial charge in [-0.25, -0.2) is 0 Å². The fourth-order valence-corrected chi connectivity index (χ4v) is 10.1. The number of para-hydroxylation sites is 4. The van der Waals surface area contributed by atoms with Gasteiger partial charge in [0.05, 0.1) is 16.7 Å². The molecule has 13 rings (SSSR count). The Kier molecular flexibility index (Phi) is 8.53. The summed E-state index contributed by atoms with van der Waals surface area (Å²) in [6.45, 7) is 0. The quantitative estimate of drug-likeness (QED) is 0.149. The van der Waals surface area contributed by atoms with Gasteiger partial charge in [-0.15, -0.1) is 0 Å². The van der Waals surface area contributed by atoms with Crippen molar-refractivity contribution in [2.75, 3.05) is 4.90 Å². The van der Waals surface area contributed by atoms with Crippen molar-refractivity contribution in [1.82, 2.24) is 4.57 Å². The lowest BCUT2D eigenvalue weighted by Crippen LogP contribution is -2.10. The number of hydrogen-bond donors (Lipinski definition) is 0. The van der Waals surface area contributed by atoms with Crippen molar-refractivity contribution in [3.05, 3.63) is 243 Å². The molecular formula is C62H40N2O. The van der Waals surface area contributed by atoms with Crippen LogP contribution in [0.1, 0.15) is 0 Å². The monoisotopic (exact) mass is 828 g/mol.